The molecule has 0 saturated heterocycles. The molecule has 6 nitrogen and oxygen atoms in total. The molecular weight excluding hydrogens is 697 g/mol. The zero-order chi connectivity index (χ0) is 38.3. The molecule has 0 spiro atoms. The summed E-state index contributed by atoms with van der Waals surface area (Å²) < 4.78 is 4.66. The first-order valence-corrected chi connectivity index (χ1v) is 19.0. The van der Waals surface area contributed by atoms with Crippen molar-refractivity contribution in [3.8, 4) is 45.0 Å². The molecule has 6 heteroatoms. The fraction of sp³-hybridized carbons (Fsp3) is 0.0196. The molecule has 0 aliphatic carbocycles. The van der Waals surface area contributed by atoms with Gasteiger partial charge in [0.15, 0.2) is 0 Å². The fourth-order valence-electron chi connectivity index (χ4n) is 8.01. The number of aliphatic imine (C=N–C) groups is 1. The topological polar surface area (TPSA) is 60.9 Å². The largest absolute Gasteiger partial charge is 0.309 e. The van der Waals surface area contributed by atoms with Crippen LogP contribution in [-0.2, 0) is 0 Å². The average Bonchev–Trinajstić information content (AvgIpc) is 3.79. The third-order valence-electron chi connectivity index (χ3n) is 10.6. The van der Waals surface area contributed by atoms with Crippen LogP contribution in [0.4, 0.5) is 0 Å². The Kier molecular flexibility index (Phi) is 8.42. The third kappa shape index (κ3) is 5.92. The number of allylic oxidation sites excluding steroid dienone is 3. The van der Waals surface area contributed by atoms with Gasteiger partial charge in [0.2, 0.25) is 0 Å². The second kappa shape index (κ2) is 14.2. The Bertz CT molecular complexity index is 3210. The lowest BCUT2D eigenvalue weighted by Crippen LogP contribution is -1.97. The normalized spacial score (nSPS) is 12.1. The lowest BCUT2D eigenvalue weighted by atomic mass is 10.0. The number of hydrogen-bond donors (Lipinski definition) is 0. The minimum absolute atomic E-state index is 0.693. The van der Waals surface area contributed by atoms with E-state index in [9.17, 15) is 0 Å². The van der Waals surface area contributed by atoms with Crippen LogP contribution in [0.2, 0.25) is 0 Å². The van der Waals surface area contributed by atoms with Crippen LogP contribution in [0, 0.1) is 0 Å². The standard InChI is InChI=1S/C51H36N6/c1-3-4-19-43(52-2)45-32-37(33-46(55-45)44-20-10-11-27-53-44)34-14-12-17-39(29-34)57-47-21-9-8-18-40(47)41-30-35(23-25-48(41)57)36-24-26-49-42(31-36)51-50(22-13-28-54-51)56(49)38-15-6-5-7-16-38/h3-33H,2H2,1H3/b4-3-,43-19-. The highest BCUT2D eigenvalue weighted by molar-refractivity contribution is 6.12. The Morgan fingerprint density at radius 3 is 2.02 bits per heavy atom. The Labute approximate surface area is 330 Å². The first-order valence-electron chi connectivity index (χ1n) is 19.0. The van der Waals surface area contributed by atoms with E-state index in [-0.39, 0.29) is 0 Å². The smallest absolute Gasteiger partial charge is 0.0963 e. The molecule has 57 heavy (non-hydrogen) atoms. The molecular formula is C51H36N6. The van der Waals surface area contributed by atoms with Gasteiger partial charge in [0.1, 0.15) is 0 Å². The quantitative estimate of drug-likeness (QED) is 0.115. The molecule has 270 valence electrons. The average molecular weight is 733 g/mol. The van der Waals surface area contributed by atoms with E-state index in [1.54, 1.807) is 6.20 Å². The van der Waals surface area contributed by atoms with E-state index < -0.39 is 0 Å². The van der Waals surface area contributed by atoms with Crippen molar-refractivity contribution in [1.82, 2.24) is 24.1 Å². The van der Waals surface area contributed by atoms with Crippen molar-refractivity contribution in [3.05, 3.63) is 194 Å². The van der Waals surface area contributed by atoms with Crippen LogP contribution in [0.25, 0.3) is 94.5 Å². The monoisotopic (exact) mass is 732 g/mol. The summed E-state index contributed by atoms with van der Waals surface area (Å²) in [6.45, 7) is 5.83. The van der Waals surface area contributed by atoms with Crippen LogP contribution in [0.3, 0.4) is 0 Å². The first kappa shape index (κ1) is 33.8. The van der Waals surface area contributed by atoms with Crippen LogP contribution in [-0.4, -0.2) is 30.8 Å². The Balaban J connectivity index is 1.11. The maximum Gasteiger partial charge on any atom is 0.0963 e. The van der Waals surface area contributed by atoms with Crippen molar-refractivity contribution < 1.29 is 0 Å². The molecule has 5 aromatic carbocycles. The maximum atomic E-state index is 4.98. The number of aromatic nitrogens is 5. The number of pyridine rings is 3. The fourth-order valence-corrected chi connectivity index (χ4v) is 8.01. The van der Waals surface area contributed by atoms with E-state index >= 15 is 0 Å². The zero-order valence-electron chi connectivity index (χ0n) is 31.3. The van der Waals surface area contributed by atoms with Crippen molar-refractivity contribution in [2.24, 2.45) is 4.99 Å². The number of para-hydroxylation sites is 2. The number of benzene rings is 5. The van der Waals surface area contributed by atoms with E-state index in [2.05, 4.69) is 159 Å². The molecule has 0 aliphatic rings. The van der Waals surface area contributed by atoms with Gasteiger partial charge in [-0.15, -0.1) is 0 Å². The van der Waals surface area contributed by atoms with E-state index in [4.69, 9.17) is 9.97 Å². The van der Waals surface area contributed by atoms with E-state index in [1.807, 2.05) is 55.6 Å². The lowest BCUT2D eigenvalue weighted by Gasteiger charge is -2.13. The summed E-state index contributed by atoms with van der Waals surface area (Å²) in [5.41, 5.74) is 15.0. The van der Waals surface area contributed by atoms with Gasteiger partial charge in [-0.25, -0.2) is 4.98 Å². The van der Waals surface area contributed by atoms with Crippen LogP contribution >= 0.6 is 0 Å². The van der Waals surface area contributed by atoms with Crippen LogP contribution in [0.1, 0.15) is 12.6 Å². The first-order chi connectivity index (χ1) is 28.2. The van der Waals surface area contributed by atoms with Crippen molar-refractivity contribution in [1.29, 1.82) is 0 Å². The molecule has 0 atom stereocenters. The number of fused-ring (bicyclic) bond motifs is 6. The van der Waals surface area contributed by atoms with Gasteiger partial charge >= 0.3 is 0 Å². The summed E-state index contributed by atoms with van der Waals surface area (Å²) in [6.07, 6.45) is 9.52. The molecule has 5 aromatic heterocycles. The lowest BCUT2D eigenvalue weighted by molar-refractivity contribution is 1.17. The Morgan fingerprint density at radius 2 is 1.21 bits per heavy atom. The third-order valence-corrected chi connectivity index (χ3v) is 10.6. The summed E-state index contributed by atoms with van der Waals surface area (Å²) in [7, 11) is 0. The molecule has 5 heterocycles. The zero-order valence-corrected chi connectivity index (χ0v) is 31.3. The molecule has 10 aromatic rings. The highest BCUT2D eigenvalue weighted by Crippen LogP contribution is 2.38. The molecule has 0 saturated carbocycles. The summed E-state index contributed by atoms with van der Waals surface area (Å²) in [5, 5.41) is 3.52. The predicted molar refractivity (Wildman–Crippen MR) is 237 cm³/mol. The van der Waals surface area contributed by atoms with E-state index in [1.165, 1.54) is 10.8 Å². The highest BCUT2D eigenvalue weighted by atomic mass is 15.0. The Hall–Kier alpha value is -7.70. The minimum Gasteiger partial charge on any atom is -0.309 e. The minimum atomic E-state index is 0.693. The Morgan fingerprint density at radius 1 is 0.526 bits per heavy atom. The summed E-state index contributed by atoms with van der Waals surface area (Å²) in [5.74, 6) is 0. The molecule has 0 aliphatic heterocycles. The highest BCUT2D eigenvalue weighted by Gasteiger charge is 2.17. The number of hydrogen-bond acceptors (Lipinski definition) is 4. The van der Waals surface area contributed by atoms with Crippen LogP contribution in [0.15, 0.2) is 193 Å². The second-order valence-corrected chi connectivity index (χ2v) is 14.0. The SMILES string of the molecule is C=N/C(=C\C=C/C)c1cc(-c2cccc(-n3c4ccccc4c4cc(-c5ccc6c(c5)c5ncccc5n6-c5ccccc5)ccc43)c2)cc(-c2ccccn2)n1. The van der Waals surface area contributed by atoms with Crippen molar-refractivity contribution in [2.75, 3.05) is 0 Å². The molecule has 0 amide bonds. The van der Waals surface area contributed by atoms with Crippen LogP contribution < -0.4 is 0 Å². The number of nitrogens with zero attached hydrogens (tertiary/aromatic N) is 6. The van der Waals surface area contributed by atoms with E-state index in [0.717, 1.165) is 83.7 Å². The molecule has 0 radical (unpaired) electrons. The van der Waals surface area contributed by atoms with Gasteiger partial charge in [-0.05, 0) is 133 Å². The van der Waals surface area contributed by atoms with Gasteiger partial charge in [0.05, 0.1) is 50.4 Å². The van der Waals surface area contributed by atoms with Gasteiger partial charge in [-0.1, -0.05) is 78.9 Å². The molecule has 10 rings (SSSR count). The molecule has 0 bridgehead atoms. The predicted octanol–water partition coefficient (Wildman–Crippen LogP) is 12.7. The molecule has 0 unspecified atom stereocenters. The van der Waals surface area contributed by atoms with Crippen molar-refractivity contribution >= 4 is 56.2 Å². The summed E-state index contributed by atoms with van der Waals surface area (Å²) >= 11 is 0. The second-order valence-electron chi connectivity index (χ2n) is 14.0. The van der Waals surface area contributed by atoms with E-state index in [0.29, 0.717) is 5.70 Å². The van der Waals surface area contributed by atoms with Gasteiger partial charge < -0.3 is 9.13 Å². The molecule has 0 N–H and O–H groups in total. The van der Waals surface area contributed by atoms with Gasteiger partial charge in [0.25, 0.3) is 0 Å². The van der Waals surface area contributed by atoms with Gasteiger partial charge in [-0.3, -0.25) is 15.0 Å². The van der Waals surface area contributed by atoms with Crippen molar-refractivity contribution in [3.63, 3.8) is 0 Å². The maximum absolute atomic E-state index is 4.98. The van der Waals surface area contributed by atoms with Crippen LogP contribution in [0.5, 0.6) is 0 Å². The van der Waals surface area contributed by atoms with Gasteiger partial charge in [0, 0.05) is 39.9 Å². The van der Waals surface area contributed by atoms with Gasteiger partial charge in [-0.2, -0.15) is 0 Å². The summed E-state index contributed by atoms with van der Waals surface area (Å²) in [6, 6.07) is 55.6. The molecule has 0 fully saturated rings. The number of rotatable bonds is 8. The summed E-state index contributed by atoms with van der Waals surface area (Å²) in [4.78, 5) is 18.8. The van der Waals surface area contributed by atoms with Crippen molar-refractivity contribution in [2.45, 2.75) is 6.92 Å².